The average molecular weight is 219 g/mol. The van der Waals surface area contributed by atoms with Crippen molar-refractivity contribution in [2.75, 3.05) is 13.1 Å². The normalized spacial score (nSPS) is 18.6. The first-order valence-electron chi connectivity index (χ1n) is 6.42. The summed E-state index contributed by atoms with van der Waals surface area (Å²) in [5.41, 5.74) is 2.67. The van der Waals surface area contributed by atoms with E-state index in [0.29, 0.717) is 0 Å². The number of allylic oxidation sites excluding steroid dienone is 4. The molecule has 0 unspecified atom stereocenters. The predicted molar refractivity (Wildman–Crippen MR) is 72.3 cm³/mol. The molecule has 16 heavy (non-hydrogen) atoms. The van der Waals surface area contributed by atoms with Gasteiger partial charge in [-0.05, 0) is 37.7 Å². The molecule has 1 heterocycles. The molecule has 1 nitrogen and oxygen atoms in total. The first kappa shape index (κ1) is 13.1. The predicted octanol–water partition coefficient (Wildman–Crippen LogP) is 4.14. The molecule has 0 aliphatic carbocycles. The molecule has 0 radical (unpaired) electrons. The third-order valence-corrected chi connectivity index (χ3v) is 3.41. The number of likely N-dealkylation sites (tertiary alicyclic amines) is 1. The highest BCUT2D eigenvalue weighted by molar-refractivity contribution is 5.20. The fraction of sp³-hybridized carbons (Fsp3) is 0.600. The van der Waals surface area contributed by atoms with Crippen molar-refractivity contribution in [1.82, 2.24) is 4.90 Å². The lowest BCUT2D eigenvalue weighted by Gasteiger charge is -2.34. The van der Waals surface area contributed by atoms with E-state index in [4.69, 9.17) is 0 Å². The summed E-state index contributed by atoms with van der Waals surface area (Å²) >= 11 is 0. The second kappa shape index (κ2) is 6.57. The lowest BCUT2D eigenvalue weighted by atomic mass is 9.88. The van der Waals surface area contributed by atoms with Crippen LogP contribution in [0, 0.1) is 5.92 Å². The van der Waals surface area contributed by atoms with Crippen LogP contribution in [0.25, 0.3) is 0 Å². The van der Waals surface area contributed by atoms with E-state index in [0.717, 1.165) is 19.0 Å². The van der Waals surface area contributed by atoms with Crippen LogP contribution in [0.2, 0.25) is 0 Å². The molecule has 0 saturated carbocycles. The Labute approximate surface area is 101 Å². The van der Waals surface area contributed by atoms with Gasteiger partial charge in [0.15, 0.2) is 0 Å². The van der Waals surface area contributed by atoms with Crippen LogP contribution < -0.4 is 0 Å². The van der Waals surface area contributed by atoms with Gasteiger partial charge in [-0.1, -0.05) is 38.7 Å². The molecule has 1 saturated heterocycles. The molecule has 0 aromatic rings. The summed E-state index contributed by atoms with van der Waals surface area (Å²) in [5, 5.41) is 0. The lowest BCUT2D eigenvalue weighted by molar-refractivity contribution is 0.248. The highest BCUT2D eigenvalue weighted by atomic mass is 15.1. The zero-order chi connectivity index (χ0) is 12.0. The number of hydrogen-bond donors (Lipinski definition) is 0. The van der Waals surface area contributed by atoms with Crippen LogP contribution in [0.4, 0.5) is 0 Å². The standard InChI is InChI=1S/C15H25N/c1-5-7-8-14(6-2)15-9-11-16(12-10-15)13(3)4/h6,8,15H,2-3,5,7,9-12H2,1,4H3/b14-8+. The van der Waals surface area contributed by atoms with Crippen LogP contribution in [0.15, 0.2) is 36.6 Å². The molecule has 0 spiro atoms. The summed E-state index contributed by atoms with van der Waals surface area (Å²) in [6, 6.07) is 0. The summed E-state index contributed by atoms with van der Waals surface area (Å²) in [4.78, 5) is 2.39. The Bertz CT molecular complexity index is 267. The Kier molecular flexibility index (Phi) is 5.37. The van der Waals surface area contributed by atoms with Gasteiger partial charge in [0.25, 0.3) is 0 Å². The van der Waals surface area contributed by atoms with Gasteiger partial charge in [-0.3, -0.25) is 0 Å². The van der Waals surface area contributed by atoms with E-state index in [1.54, 1.807) is 0 Å². The Morgan fingerprint density at radius 1 is 1.38 bits per heavy atom. The fourth-order valence-corrected chi connectivity index (χ4v) is 2.32. The van der Waals surface area contributed by atoms with Crippen molar-refractivity contribution < 1.29 is 0 Å². The molecule has 0 bridgehead atoms. The molecule has 0 N–H and O–H groups in total. The molecule has 1 rings (SSSR count). The minimum atomic E-state index is 0.722. The highest BCUT2D eigenvalue weighted by Crippen LogP contribution is 2.27. The van der Waals surface area contributed by atoms with Gasteiger partial charge in [0.2, 0.25) is 0 Å². The monoisotopic (exact) mass is 219 g/mol. The average Bonchev–Trinajstić information content (AvgIpc) is 2.30. The van der Waals surface area contributed by atoms with Crippen molar-refractivity contribution in [2.45, 2.75) is 39.5 Å². The van der Waals surface area contributed by atoms with Crippen molar-refractivity contribution in [3.8, 4) is 0 Å². The zero-order valence-corrected chi connectivity index (χ0v) is 10.8. The number of unbranched alkanes of at least 4 members (excludes halogenated alkanes) is 1. The Hall–Kier alpha value is -0.980. The summed E-state index contributed by atoms with van der Waals surface area (Å²) in [6.07, 6.45) is 9.32. The molecule has 1 aliphatic heterocycles. The Balaban J connectivity index is 2.51. The molecule has 0 atom stereocenters. The lowest BCUT2D eigenvalue weighted by Crippen LogP contribution is -2.32. The van der Waals surface area contributed by atoms with E-state index in [1.165, 1.54) is 37.0 Å². The van der Waals surface area contributed by atoms with Gasteiger partial charge in [-0.25, -0.2) is 0 Å². The van der Waals surface area contributed by atoms with Crippen LogP contribution >= 0.6 is 0 Å². The van der Waals surface area contributed by atoms with E-state index in [9.17, 15) is 0 Å². The number of hydrogen-bond acceptors (Lipinski definition) is 1. The van der Waals surface area contributed by atoms with Crippen molar-refractivity contribution in [3.05, 3.63) is 36.6 Å². The Morgan fingerprint density at radius 3 is 2.44 bits per heavy atom. The molecule has 0 aromatic heterocycles. The second-order valence-electron chi connectivity index (χ2n) is 4.69. The van der Waals surface area contributed by atoms with E-state index in [1.807, 2.05) is 0 Å². The van der Waals surface area contributed by atoms with Gasteiger partial charge in [0, 0.05) is 18.8 Å². The maximum Gasteiger partial charge on any atom is 0.0180 e. The quantitative estimate of drug-likeness (QED) is 0.628. The highest BCUT2D eigenvalue weighted by Gasteiger charge is 2.20. The maximum absolute atomic E-state index is 4.01. The third-order valence-electron chi connectivity index (χ3n) is 3.41. The molecule has 1 fully saturated rings. The SMILES string of the molecule is C=C/C(=C\CCC)C1CCN(C(=C)C)CC1. The van der Waals surface area contributed by atoms with Crippen LogP contribution in [0.1, 0.15) is 39.5 Å². The summed E-state index contributed by atoms with van der Waals surface area (Å²) in [6.45, 7) is 14.6. The van der Waals surface area contributed by atoms with Crippen molar-refractivity contribution in [3.63, 3.8) is 0 Å². The van der Waals surface area contributed by atoms with Gasteiger partial charge in [-0.15, -0.1) is 0 Å². The van der Waals surface area contributed by atoms with Crippen LogP contribution in [0.3, 0.4) is 0 Å². The van der Waals surface area contributed by atoms with Crippen molar-refractivity contribution in [2.24, 2.45) is 5.92 Å². The van der Waals surface area contributed by atoms with E-state index < -0.39 is 0 Å². The molecular weight excluding hydrogens is 194 g/mol. The minimum absolute atomic E-state index is 0.722. The van der Waals surface area contributed by atoms with Crippen LogP contribution in [-0.4, -0.2) is 18.0 Å². The van der Waals surface area contributed by atoms with Crippen LogP contribution in [-0.2, 0) is 0 Å². The molecule has 90 valence electrons. The minimum Gasteiger partial charge on any atom is -0.375 e. The molecule has 0 amide bonds. The summed E-state index contributed by atoms with van der Waals surface area (Å²) in [7, 11) is 0. The van der Waals surface area contributed by atoms with Gasteiger partial charge >= 0.3 is 0 Å². The fourth-order valence-electron chi connectivity index (χ4n) is 2.32. The van der Waals surface area contributed by atoms with Crippen molar-refractivity contribution in [1.29, 1.82) is 0 Å². The number of rotatable bonds is 5. The van der Waals surface area contributed by atoms with Crippen LogP contribution in [0.5, 0.6) is 0 Å². The first-order chi connectivity index (χ1) is 7.69. The summed E-state index contributed by atoms with van der Waals surface area (Å²) < 4.78 is 0. The molecule has 1 heteroatoms. The van der Waals surface area contributed by atoms with E-state index in [2.05, 4.69) is 44.1 Å². The van der Waals surface area contributed by atoms with E-state index in [-0.39, 0.29) is 0 Å². The van der Waals surface area contributed by atoms with Gasteiger partial charge < -0.3 is 4.90 Å². The third kappa shape index (κ3) is 3.55. The largest absolute Gasteiger partial charge is 0.375 e. The van der Waals surface area contributed by atoms with E-state index >= 15 is 0 Å². The smallest absolute Gasteiger partial charge is 0.0180 e. The zero-order valence-electron chi connectivity index (χ0n) is 10.8. The van der Waals surface area contributed by atoms with Gasteiger partial charge in [-0.2, -0.15) is 0 Å². The van der Waals surface area contributed by atoms with Gasteiger partial charge in [0.05, 0.1) is 0 Å². The topological polar surface area (TPSA) is 3.24 Å². The van der Waals surface area contributed by atoms with Crippen molar-refractivity contribution >= 4 is 0 Å². The first-order valence-corrected chi connectivity index (χ1v) is 6.42. The molecule has 1 aliphatic rings. The number of piperidine rings is 1. The van der Waals surface area contributed by atoms with Gasteiger partial charge in [0.1, 0.15) is 0 Å². The summed E-state index contributed by atoms with van der Waals surface area (Å²) in [5.74, 6) is 0.722. The second-order valence-corrected chi connectivity index (χ2v) is 4.69. The molecular formula is C15H25N. The number of nitrogens with zero attached hydrogens (tertiary/aromatic N) is 1. The molecule has 0 aromatic carbocycles. The Morgan fingerprint density at radius 2 is 2.00 bits per heavy atom. The maximum atomic E-state index is 4.01.